The van der Waals surface area contributed by atoms with Gasteiger partial charge in [-0.3, -0.25) is 20.2 Å². The van der Waals surface area contributed by atoms with Gasteiger partial charge in [-0.1, -0.05) is 0 Å². The van der Waals surface area contributed by atoms with Crippen LogP contribution in [0.2, 0.25) is 0 Å². The van der Waals surface area contributed by atoms with Gasteiger partial charge in [0, 0.05) is 17.7 Å². The third-order valence-corrected chi connectivity index (χ3v) is 3.41. The molecule has 1 aliphatic heterocycles. The van der Waals surface area contributed by atoms with Gasteiger partial charge >= 0.3 is 6.03 Å². The number of hydrogen-bond acceptors (Lipinski definition) is 6. The van der Waals surface area contributed by atoms with Crippen molar-refractivity contribution in [2.75, 3.05) is 6.54 Å². The Labute approximate surface area is 135 Å². The van der Waals surface area contributed by atoms with Crippen molar-refractivity contribution in [3.63, 3.8) is 0 Å². The second-order valence-electron chi connectivity index (χ2n) is 5.11. The van der Waals surface area contributed by atoms with Gasteiger partial charge in [0.25, 0.3) is 5.69 Å². The van der Waals surface area contributed by atoms with Crippen molar-refractivity contribution in [2.45, 2.75) is 6.92 Å². The Hall–Kier alpha value is -3.49. The SMILES string of the molecule is Cc1cc([N+](=O)[O-])ccc1-c1ccc(/C=N/N2CC(=O)NC2=O)o1. The van der Waals surface area contributed by atoms with Gasteiger partial charge in [0.1, 0.15) is 18.1 Å². The molecule has 3 rings (SSSR count). The maximum absolute atomic E-state index is 11.4. The molecule has 3 amide bonds. The number of rotatable bonds is 4. The van der Waals surface area contributed by atoms with Crippen molar-refractivity contribution in [1.82, 2.24) is 10.3 Å². The number of urea groups is 1. The predicted octanol–water partition coefficient (Wildman–Crippen LogP) is 2.05. The van der Waals surface area contributed by atoms with Gasteiger partial charge in [0.05, 0.1) is 11.1 Å². The Morgan fingerprint density at radius 3 is 2.75 bits per heavy atom. The number of imide groups is 1. The lowest BCUT2D eigenvalue weighted by Crippen LogP contribution is -2.24. The van der Waals surface area contributed by atoms with Crippen LogP contribution in [-0.4, -0.2) is 34.6 Å². The van der Waals surface area contributed by atoms with Gasteiger partial charge < -0.3 is 4.42 Å². The van der Waals surface area contributed by atoms with Crippen molar-refractivity contribution < 1.29 is 18.9 Å². The van der Waals surface area contributed by atoms with Crippen LogP contribution in [0.1, 0.15) is 11.3 Å². The number of nitro benzene ring substituents is 1. The molecule has 1 saturated heterocycles. The normalized spacial score (nSPS) is 14.5. The Morgan fingerprint density at radius 2 is 2.12 bits per heavy atom. The summed E-state index contributed by atoms with van der Waals surface area (Å²) in [7, 11) is 0. The minimum absolute atomic E-state index is 0.00862. The van der Waals surface area contributed by atoms with E-state index in [1.165, 1.54) is 18.3 Å². The number of hydrazone groups is 1. The van der Waals surface area contributed by atoms with E-state index in [-0.39, 0.29) is 12.2 Å². The summed E-state index contributed by atoms with van der Waals surface area (Å²) in [5.74, 6) is 0.486. The first kappa shape index (κ1) is 15.4. The fourth-order valence-electron chi connectivity index (χ4n) is 2.26. The number of furan rings is 1. The van der Waals surface area contributed by atoms with Crippen molar-refractivity contribution in [3.05, 3.63) is 51.8 Å². The molecule has 1 N–H and O–H groups in total. The number of carbonyl (C=O) groups excluding carboxylic acids is 2. The lowest BCUT2D eigenvalue weighted by atomic mass is 10.1. The summed E-state index contributed by atoms with van der Waals surface area (Å²) in [5.41, 5.74) is 1.43. The van der Waals surface area contributed by atoms with Crippen molar-refractivity contribution in [2.24, 2.45) is 5.10 Å². The van der Waals surface area contributed by atoms with E-state index >= 15 is 0 Å². The number of non-ortho nitro benzene ring substituents is 1. The lowest BCUT2D eigenvalue weighted by Gasteiger charge is -2.03. The zero-order valence-electron chi connectivity index (χ0n) is 12.6. The number of carbonyl (C=O) groups is 2. The number of nitrogens with one attached hydrogen (secondary N) is 1. The number of hydrogen-bond donors (Lipinski definition) is 1. The summed E-state index contributed by atoms with van der Waals surface area (Å²) >= 11 is 0. The average Bonchev–Trinajstić information content (AvgIpc) is 3.11. The zero-order chi connectivity index (χ0) is 17.3. The summed E-state index contributed by atoms with van der Waals surface area (Å²) in [6.07, 6.45) is 1.32. The third-order valence-electron chi connectivity index (χ3n) is 3.41. The fraction of sp³-hybridized carbons (Fsp3) is 0.133. The Kier molecular flexibility index (Phi) is 3.82. The highest BCUT2D eigenvalue weighted by Gasteiger charge is 2.26. The average molecular weight is 328 g/mol. The molecule has 0 bridgehead atoms. The summed E-state index contributed by atoms with van der Waals surface area (Å²) in [4.78, 5) is 32.7. The van der Waals surface area contributed by atoms with E-state index in [1.807, 2.05) is 0 Å². The Morgan fingerprint density at radius 1 is 1.33 bits per heavy atom. The summed E-state index contributed by atoms with van der Waals surface area (Å²) in [5, 5.41) is 17.7. The van der Waals surface area contributed by atoms with Gasteiger partial charge in [-0.05, 0) is 30.7 Å². The number of benzene rings is 1. The third kappa shape index (κ3) is 3.00. The minimum atomic E-state index is -0.589. The second-order valence-corrected chi connectivity index (χ2v) is 5.11. The number of aryl methyl sites for hydroxylation is 1. The van der Waals surface area contributed by atoms with Gasteiger partial charge in [-0.25, -0.2) is 9.80 Å². The maximum atomic E-state index is 11.4. The quantitative estimate of drug-likeness (QED) is 0.399. The molecule has 2 heterocycles. The highest BCUT2D eigenvalue weighted by Crippen LogP contribution is 2.28. The zero-order valence-corrected chi connectivity index (χ0v) is 12.6. The first-order chi connectivity index (χ1) is 11.4. The second kappa shape index (κ2) is 5.95. The van der Waals surface area contributed by atoms with Gasteiger partial charge in [0.2, 0.25) is 5.91 Å². The van der Waals surface area contributed by atoms with E-state index < -0.39 is 16.9 Å². The molecule has 1 fully saturated rings. The van der Waals surface area contributed by atoms with E-state index in [4.69, 9.17) is 4.42 Å². The molecule has 0 spiro atoms. The minimum Gasteiger partial charge on any atom is -0.455 e. The number of amides is 3. The van der Waals surface area contributed by atoms with Crippen LogP contribution in [0.5, 0.6) is 0 Å². The largest absolute Gasteiger partial charge is 0.455 e. The highest BCUT2D eigenvalue weighted by atomic mass is 16.6. The summed E-state index contributed by atoms with van der Waals surface area (Å²) in [6, 6.07) is 7.24. The van der Waals surface area contributed by atoms with E-state index in [1.54, 1.807) is 25.1 Å². The predicted molar refractivity (Wildman–Crippen MR) is 83.4 cm³/mol. The van der Waals surface area contributed by atoms with Crippen LogP contribution in [0.3, 0.4) is 0 Å². The first-order valence-electron chi connectivity index (χ1n) is 6.94. The fourth-order valence-corrected chi connectivity index (χ4v) is 2.26. The molecule has 0 saturated carbocycles. The molecule has 122 valence electrons. The molecule has 1 aromatic heterocycles. The summed E-state index contributed by atoms with van der Waals surface area (Å²) in [6.45, 7) is 1.61. The molecule has 2 aromatic rings. The number of nitrogens with zero attached hydrogens (tertiary/aromatic N) is 3. The van der Waals surface area contributed by atoms with Crippen LogP contribution in [0.15, 0.2) is 39.9 Å². The molecule has 0 unspecified atom stereocenters. The van der Waals surface area contributed by atoms with Crippen molar-refractivity contribution in [3.8, 4) is 11.3 Å². The molecule has 9 heteroatoms. The van der Waals surface area contributed by atoms with Crippen LogP contribution in [0, 0.1) is 17.0 Å². The monoisotopic (exact) mass is 328 g/mol. The molecule has 0 aliphatic carbocycles. The van der Waals surface area contributed by atoms with E-state index in [9.17, 15) is 19.7 Å². The van der Waals surface area contributed by atoms with Crippen LogP contribution < -0.4 is 5.32 Å². The molecular weight excluding hydrogens is 316 g/mol. The van der Waals surface area contributed by atoms with Crippen LogP contribution in [0.25, 0.3) is 11.3 Å². The van der Waals surface area contributed by atoms with Gasteiger partial charge in [0.15, 0.2) is 0 Å². The molecule has 1 aliphatic rings. The van der Waals surface area contributed by atoms with Crippen molar-refractivity contribution >= 4 is 23.8 Å². The van der Waals surface area contributed by atoms with E-state index in [0.29, 0.717) is 22.6 Å². The van der Waals surface area contributed by atoms with E-state index in [2.05, 4.69) is 10.4 Å². The topological polar surface area (TPSA) is 118 Å². The van der Waals surface area contributed by atoms with Crippen molar-refractivity contribution in [1.29, 1.82) is 0 Å². The van der Waals surface area contributed by atoms with Crippen LogP contribution in [0.4, 0.5) is 10.5 Å². The Balaban J connectivity index is 1.80. The highest BCUT2D eigenvalue weighted by molar-refractivity contribution is 6.02. The first-order valence-corrected chi connectivity index (χ1v) is 6.94. The molecule has 9 nitrogen and oxygen atoms in total. The molecule has 0 atom stereocenters. The molecule has 1 aromatic carbocycles. The maximum Gasteiger partial charge on any atom is 0.344 e. The standard InChI is InChI=1S/C15H12N4O5/c1-9-6-10(19(22)23)2-4-12(9)13-5-3-11(24-13)7-16-18-8-14(20)17-15(18)21/h2-7H,8H2,1H3,(H,17,20,21)/b16-7+. The Bertz CT molecular complexity index is 870. The number of nitro groups is 1. The molecule has 24 heavy (non-hydrogen) atoms. The lowest BCUT2D eigenvalue weighted by molar-refractivity contribution is -0.384. The molecule has 0 radical (unpaired) electrons. The van der Waals surface area contributed by atoms with E-state index in [0.717, 1.165) is 5.01 Å². The smallest absolute Gasteiger partial charge is 0.344 e. The summed E-state index contributed by atoms with van der Waals surface area (Å²) < 4.78 is 5.61. The van der Waals surface area contributed by atoms with Crippen LogP contribution >= 0.6 is 0 Å². The van der Waals surface area contributed by atoms with Gasteiger partial charge in [-0.2, -0.15) is 5.10 Å². The molecular formula is C15H12N4O5. The van der Waals surface area contributed by atoms with Gasteiger partial charge in [-0.15, -0.1) is 0 Å². The van der Waals surface area contributed by atoms with Crippen LogP contribution in [-0.2, 0) is 4.79 Å².